The van der Waals surface area contributed by atoms with E-state index in [4.69, 9.17) is 18.0 Å². The molecular formula is C13H18N2O2S2. The maximum absolute atomic E-state index is 12.7. The average Bonchev–Trinajstić information content (AvgIpc) is 2.39. The van der Waals surface area contributed by atoms with Gasteiger partial charge in [0.15, 0.2) is 0 Å². The summed E-state index contributed by atoms with van der Waals surface area (Å²) in [4.78, 5) is 0.606. The van der Waals surface area contributed by atoms with E-state index in [2.05, 4.69) is 0 Å². The second-order valence-electron chi connectivity index (χ2n) is 4.80. The average molecular weight is 298 g/mol. The van der Waals surface area contributed by atoms with Crippen LogP contribution in [0.4, 0.5) is 0 Å². The number of hydrogen-bond acceptors (Lipinski definition) is 3. The first kappa shape index (κ1) is 14.4. The highest BCUT2D eigenvalue weighted by Gasteiger charge is 2.35. The molecule has 0 aromatic heterocycles. The highest BCUT2D eigenvalue weighted by molar-refractivity contribution is 7.89. The Bertz CT molecular complexity index is 584. The summed E-state index contributed by atoms with van der Waals surface area (Å²) in [5.41, 5.74) is 6.44. The molecule has 0 aliphatic carbocycles. The van der Waals surface area contributed by atoms with Gasteiger partial charge in [0, 0.05) is 6.54 Å². The summed E-state index contributed by atoms with van der Waals surface area (Å²) in [5, 5.41) is 0. The molecule has 1 aliphatic rings. The van der Waals surface area contributed by atoms with Crippen LogP contribution in [0.1, 0.15) is 24.8 Å². The molecule has 4 nitrogen and oxygen atoms in total. The van der Waals surface area contributed by atoms with Gasteiger partial charge in [0.1, 0.15) is 0 Å². The molecule has 1 aromatic rings. The van der Waals surface area contributed by atoms with Crippen molar-refractivity contribution in [3.8, 4) is 0 Å². The Morgan fingerprint density at radius 1 is 1.37 bits per heavy atom. The van der Waals surface area contributed by atoms with Crippen molar-refractivity contribution in [2.45, 2.75) is 37.1 Å². The van der Waals surface area contributed by atoms with E-state index in [1.165, 1.54) is 4.31 Å². The SMILES string of the molecule is Cc1ccccc1S(=O)(=O)N1CCCCC1C(N)=S. The molecule has 1 heterocycles. The Hall–Kier alpha value is -0.980. The zero-order valence-corrected chi connectivity index (χ0v) is 12.5. The van der Waals surface area contributed by atoms with Gasteiger partial charge in [0.05, 0.1) is 15.9 Å². The van der Waals surface area contributed by atoms with Crippen LogP contribution in [-0.2, 0) is 10.0 Å². The van der Waals surface area contributed by atoms with Crippen molar-refractivity contribution in [2.75, 3.05) is 6.54 Å². The van der Waals surface area contributed by atoms with Crippen LogP contribution in [-0.4, -0.2) is 30.3 Å². The van der Waals surface area contributed by atoms with Crippen LogP contribution in [0.3, 0.4) is 0 Å². The molecule has 2 rings (SSSR count). The largest absolute Gasteiger partial charge is 0.392 e. The zero-order valence-electron chi connectivity index (χ0n) is 10.9. The van der Waals surface area contributed by atoms with Gasteiger partial charge >= 0.3 is 0 Å². The highest BCUT2D eigenvalue weighted by Crippen LogP contribution is 2.27. The monoisotopic (exact) mass is 298 g/mol. The zero-order chi connectivity index (χ0) is 14.0. The lowest BCUT2D eigenvalue weighted by Crippen LogP contribution is -2.49. The molecule has 0 spiro atoms. The predicted molar refractivity (Wildman–Crippen MR) is 79.5 cm³/mol. The summed E-state index contributed by atoms with van der Waals surface area (Å²) in [6, 6.07) is 6.64. The second-order valence-corrected chi connectivity index (χ2v) is 7.13. The molecule has 1 aliphatic heterocycles. The lowest BCUT2D eigenvalue weighted by atomic mass is 10.1. The molecule has 1 unspecified atom stereocenters. The number of benzene rings is 1. The Labute approximate surface area is 119 Å². The number of aryl methyl sites for hydroxylation is 1. The summed E-state index contributed by atoms with van der Waals surface area (Å²) < 4.78 is 26.9. The summed E-state index contributed by atoms with van der Waals surface area (Å²) in [6.07, 6.45) is 2.52. The molecule has 0 amide bonds. The van der Waals surface area contributed by atoms with Crippen molar-refractivity contribution in [1.29, 1.82) is 0 Å². The minimum absolute atomic E-state index is 0.261. The van der Waals surface area contributed by atoms with E-state index in [9.17, 15) is 8.42 Å². The molecule has 1 saturated heterocycles. The van der Waals surface area contributed by atoms with Gasteiger partial charge in [-0.05, 0) is 31.4 Å². The van der Waals surface area contributed by atoms with Gasteiger partial charge in [-0.1, -0.05) is 36.8 Å². The fourth-order valence-corrected chi connectivity index (χ4v) is 4.66. The minimum atomic E-state index is -3.52. The van der Waals surface area contributed by atoms with E-state index < -0.39 is 10.0 Å². The van der Waals surface area contributed by atoms with E-state index in [-0.39, 0.29) is 11.0 Å². The second kappa shape index (κ2) is 5.56. The first-order valence-corrected chi connectivity index (χ1v) is 8.16. The van der Waals surface area contributed by atoms with Gasteiger partial charge in [-0.15, -0.1) is 0 Å². The Morgan fingerprint density at radius 2 is 2.05 bits per heavy atom. The number of nitrogens with two attached hydrogens (primary N) is 1. The van der Waals surface area contributed by atoms with Crippen LogP contribution in [0, 0.1) is 6.92 Å². The molecule has 0 saturated carbocycles. The van der Waals surface area contributed by atoms with Crippen LogP contribution in [0.5, 0.6) is 0 Å². The number of nitrogens with zero attached hydrogens (tertiary/aromatic N) is 1. The van der Waals surface area contributed by atoms with Gasteiger partial charge in [0.25, 0.3) is 0 Å². The van der Waals surface area contributed by atoms with Crippen LogP contribution < -0.4 is 5.73 Å². The van der Waals surface area contributed by atoms with Crippen LogP contribution in [0.15, 0.2) is 29.2 Å². The van der Waals surface area contributed by atoms with Crippen LogP contribution >= 0.6 is 12.2 Å². The number of piperidine rings is 1. The van der Waals surface area contributed by atoms with Crippen molar-refractivity contribution >= 4 is 27.2 Å². The molecule has 19 heavy (non-hydrogen) atoms. The normalized spacial score (nSPS) is 21.2. The Balaban J connectivity index is 2.43. The van der Waals surface area contributed by atoms with E-state index >= 15 is 0 Å². The third-order valence-electron chi connectivity index (χ3n) is 3.46. The Morgan fingerprint density at radius 3 is 2.68 bits per heavy atom. The van der Waals surface area contributed by atoms with Crippen molar-refractivity contribution in [3.63, 3.8) is 0 Å². The molecule has 6 heteroatoms. The molecule has 2 N–H and O–H groups in total. The molecule has 0 radical (unpaired) electrons. The van der Waals surface area contributed by atoms with E-state index in [1.807, 2.05) is 6.07 Å². The fraction of sp³-hybridized carbons (Fsp3) is 0.462. The summed E-state index contributed by atoms with van der Waals surface area (Å²) in [7, 11) is -3.52. The molecule has 1 atom stereocenters. The van der Waals surface area contributed by atoms with Crippen molar-refractivity contribution in [1.82, 2.24) is 4.31 Å². The molecule has 104 valence electrons. The molecular weight excluding hydrogens is 280 g/mol. The maximum Gasteiger partial charge on any atom is 0.243 e. The van der Waals surface area contributed by atoms with E-state index in [0.717, 1.165) is 18.4 Å². The van der Waals surface area contributed by atoms with Gasteiger partial charge < -0.3 is 5.73 Å². The van der Waals surface area contributed by atoms with Crippen LogP contribution in [0.2, 0.25) is 0 Å². The van der Waals surface area contributed by atoms with Crippen molar-refractivity contribution in [3.05, 3.63) is 29.8 Å². The van der Waals surface area contributed by atoms with Gasteiger partial charge in [-0.2, -0.15) is 4.31 Å². The first-order valence-electron chi connectivity index (χ1n) is 6.31. The lowest BCUT2D eigenvalue weighted by Gasteiger charge is -2.34. The number of thiocarbonyl (C=S) groups is 1. The number of hydrogen-bond donors (Lipinski definition) is 1. The summed E-state index contributed by atoms with van der Waals surface area (Å²) in [6.45, 7) is 2.28. The fourth-order valence-electron chi connectivity index (χ4n) is 2.45. The maximum atomic E-state index is 12.7. The third kappa shape index (κ3) is 2.80. The predicted octanol–water partition coefficient (Wildman–Crippen LogP) is 1.82. The Kier molecular flexibility index (Phi) is 4.23. The minimum Gasteiger partial charge on any atom is -0.392 e. The molecule has 1 aromatic carbocycles. The van der Waals surface area contributed by atoms with Gasteiger partial charge in [-0.25, -0.2) is 8.42 Å². The molecule has 1 fully saturated rings. The smallest absolute Gasteiger partial charge is 0.243 e. The van der Waals surface area contributed by atoms with E-state index in [1.54, 1.807) is 25.1 Å². The quantitative estimate of drug-likeness (QED) is 0.865. The van der Waals surface area contributed by atoms with Crippen molar-refractivity contribution < 1.29 is 8.42 Å². The summed E-state index contributed by atoms with van der Waals surface area (Å²) in [5.74, 6) is 0. The van der Waals surface area contributed by atoms with Crippen LogP contribution in [0.25, 0.3) is 0 Å². The van der Waals surface area contributed by atoms with E-state index in [0.29, 0.717) is 17.9 Å². The van der Waals surface area contributed by atoms with Gasteiger partial charge in [0.2, 0.25) is 10.0 Å². The topological polar surface area (TPSA) is 63.4 Å². The van der Waals surface area contributed by atoms with Crippen molar-refractivity contribution in [2.24, 2.45) is 5.73 Å². The highest BCUT2D eigenvalue weighted by atomic mass is 32.2. The van der Waals surface area contributed by atoms with Gasteiger partial charge in [-0.3, -0.25) is 0 Å². The summed E-state index contributed by atoms with van der Waals surface area (Å²) >= 11 is 5.02. The molecule has 0 bridgehead atoms. The third-order valence-corrected chi connectivity index (χ3v) is 5.80. The number of sulfonamides is 1. The standard InChI is InChI=1S/C13H18N2O2S2/c1-10-6-2-3-8-12(10)19(16,17)15-9-5-4-7-11(15)13(14)18/h2-3,6,8,11H,4-5,7,9H2,1H3,(H2,14,18). The first-order chi connectivity index (χ1) is 8.94. The lowest BCUT2D eigenvalue weighted by molar-refractivity contribution is 0.306. The number of rotatable bonds is 3.